The Morgan fingerprint density at radius 1 is 1.25 bits per heavy atom. The van der Waals surface area contributed by atoms with Crippen molar-refractivity contribution in [3.05, 3.63) is 29.8 Å². The van der Waals surface area contributed by atoms with Crippen LogP contribution < -0.4 is 10.6 Å². The number of nitrogens with one attached hydrogen (secondary N) is 2. The molecule has 0 spiro atoms. The zero-order valence-corrected chi connectivity index (χ0v) is 12.3. The molecule has 0 aliphatic rings. The first-order valence-electron chi connectivity index (χ1n) is 6.88. The van der Waals surface area contributed by atoms with Crippen molar-refractivity contribution in [3.63, 3.8) is 0 Å². The van der Waals surface area contributed by atoms with E-state index in [-0.39, 0.29) is 25.2 Å². The van der Waals surface area contributed by atoms with E-state index in [1.807, 2.05) is 32.9 Å². The molecule has 20 heavy (non-hydrogen) atoms. The minimum Gasteiger partial charge on any atom is -0.394 e. The maximum Gasteiger partial charge on any atom is 0.253 e. The van der Waals surface area contributed by atoms with Crippen LogP contribution in [0.3, 0.4) is 0 Å². The van der Waals surface area contributed by atoms with Gasteiger partial charge in [0.25, 0.3) is 5.91 Å². The van der Waals surface area contributed by atoms with Gasteiger partial charge in [-0.2, -0.15) is 0 Å². The maximum absolute atomic E-state index is 12.4. The molecule has 0 fully saturated rings. The van der Waals surface area contributed by atoms with Crippen LogP contribution in [0.4, 0.5) is 5.69 Å². The van der Waals surface area contributed by atoms with E-state index in [0.717, 1.165) is 5.69 Å². The van der Waals surface area contributed by atoms with E-state index in [0.29, 0.717) is 12.0 Å². The van der Waals surface area contributed by atoms with Crippen molar-refractivity contribution < 1.29 is 15.0 Å². The van der Waals surface area contributed by atoms with E-state index in [1.165, 1.54) is 0 Å². The first-order valence-corrected chi connectivity index (χ1v) is 6.88. The highest BCUT2D eigenvalue weighted by molar-refractivity contribution is 6.00. The van der Waals surface area contributed by atoms with Crippen LogP contribution in [0.1, 0.15) is 37.6 Å². The number of hydrogen-bond acceptors (Lipinski definition) is 4. The minimum atomic E-state index is -0.984. The number of aliphatic hydroxyl groups excluding tert-OH is 2. The molecular weight excluding hydrogens is 256 g/mol. The molecule has 0 bridgehead atoms. The van der Waals surface area contributed by atoms with Crippen molar-refractivity contribution >= 4 is 11.6 Å². The third-order valence-corrected chi connectivity index (χ3v) is 3.28. The Labute approximate surface area is 120 Å². The minimum absolute atomic E-state index is 0.204. The summed E-state index contributed by atoms with van der Waals surface area (Å²) in [5.41, 5.74) is 0.254. The molecule has 0 saturated heterocycles. The summed E-state index contributed by atoms with van der Waals surface area (Å²) in [6.45, 7) is 5.20. The first kappa shape index (κ1) is 16.5. The molecule has 5 nitrogen and oxygen atoms in total. The first-order chi connectivity index (χ1) is 9.48. The fourth-order valence-electron chi connectivity index (χ4n) is 1.87. The second-order valence-electron chi connectivity index (χ2n) is 5.25. The summed E-state index contributed by atoms with van der Waals surface area (Å²) in [4.78, 5) is 12.4. The number of rotatable bonds is 7. The molecule has 0 atom stereocenters. The van der Waals surface area contributed by atoms with E-state index in [1.54, 1.807) is 12.1 Å². The van der Waals surface area contributed by atoms with Crippen LogP contribution in [0.25, 0.3) is 0 Å². The van der Waals surface area contributed by atoms with E-state index in [4.69, 9.17) is 0 Å². The Morgan fingerprint density at radius 2 is 1.85 bits per heavy atom. The molecule has 0 unspecified atom stereocenters. The second kappa shape index (κ2) is 7.26. The standard InChI is InChI=1S/C15H24N2O3/c1-4-15(9-18,10-19)17-14(20)12-7-5-6-8-13(12)16-11(2)3/h5-8,11,16,18-19H,4,9-10H2,1-3H3,(H,17,20). The molecule has 0 saturated carbocycles. The highest BCUT2D eigenvalue weighted by Gasteiger charge is 2.29. The van der Waals surface area contributed by atoms with Crippen LogP contribution in [-0.2, 0) is 0 Å². The predicted molar refractivity (Wildman–Crippen MR) is 79.9 cm³/mol. The van der Waals surface area contributed by atoms with Crippen LogP contribution >= 0.6 is 0 Å². The summed E-state index contributed by atoms with van der Waals surface area (Å²) >= 11 is 0. The average molecular weight is 280 g/mol. The normalized spacial score (nSPS) is 11.5. The Balaban J connectivity index is 2.97. The predicted octanol–water partition coefficient (Wildman–Crippen LogP) is 1.37. The number of amides is 1. The molecule has 4 N–H and O–H groups in total. The summed E-state index contributed by atoms with van der Waals surface area (Å²) in [6, 6.07) is 7.39. The van der Waals surface area contributed by atoms with E-state index in [2.05, 4.69) is 10.6 Å². The number of anilines is 1. The molecule has 1 amide bonds. The number of carbonyl (C=O) groups is 1. The van der Waals surface area contributed by atoms with Crippen molar-refractivity contribution in [3.8, 4) is 0 Å². The summed E-state index contributed by atoms with van der Waals surface area (Å²) < 4.78 is 0. The zero-order valence-electron chi connectivity index (χ0n) is 12.3. The number of benzene rings is 1. The summed E-state index contributed by atoms with van der Waals surface area (Å²) in [6.07, 6.45) is 0.450. The van der Waals surface area contributed by atoms with Gasteiger partial charge in [-0.15, -0.1) is 0 Å². The van der Waals surface area contributed by atoms with Crippen LogP contribution in [0.15, 0.2) is 24.3 Å². The molecule has 5 heteroatoms. The van der Waals surface area contributed by atoms with Gasteiger partial charge in [0.05, 0.1) is 24.3 Å². The van der Waals surface area contributed by atoms with Crippen molar-refractivity contribution in [2.24, 2.45) is 0 Å². The number of carbonyl (C=O) groups excluding carboxylic acids is 1. The van der Waals surface area contributed by atoms with Gasteiger partial charge in [0.1, 0.15) is 0 Å². The fraction of sp³-hybridized carbons (Fsp3) is 0.533. The lowest BCUT2D eigenvalue weighted by Gasteiger charge is -2.30. The van der Waals surface area contributed by atoms with Gasteiger partial charge >= 0.3 is 0 Å². The SMILES string of the molecule is CCC(CO)(CO)NC(=O)c1ccccc1NC(C)C. The molecular formula is C15H24N2O3. The number of hydrogen-bond donors (Lipinski definition) is 4. The topological polar surface area (TPSA) is 81.6 Å². The smallest absolute Gasteiger partial charge is 0.253 e. The second-order valence-corrected chi connectivity index (χ2v) is 5.25. The summed E-state index contributed by atoms with van der Waals surface area (Å²) in [7, 11) is 0. The highest BCUT2D eigenvalue weighted by Crippen LogP contribution is 2.18. The van der Waals surface area contributed by atoms with Crippen LogP contribution in [-0.4, -0.2) is 40.9 Å². The lowest BCUT2D eigenvalue weighted by molar-refractivity contribution is 0.0653. The maximum atomic E-state index is 12.4. The van der Waals surface area contributed by atoms with Gasteiger partial charge in [-0.1, -0.05) is 19.1 Å². The van der Waals surface area contributed by atoms with Crippen molar-refractivity contribution in [2.75, 3.05) is 18.5 Å². The quantitative estimate of drug-likeness (QED) is 0.608. The lowest BCUT2D eigenvalue weighted by atomic mass is 9.97. The molecule has 1 aromatic rings. The Morgan fingerprint density at radius 3 is 2.35 bits per heavy atom. The average Bonchev–Trinajstić information content (AvgIpc) is 2.44. The molecule has 112 valence electrons. The molecule has 0 aliphatic heterocycles. The third kappa shape index (κ3) is 3.95. The molecule has 1 rings (SSSR count). The molecule has 0 aliphatic carbocycles. The van der Waals surface area contributed by atoms with Gasteiger partial charge in [0, 0.05) is 11.7 Å². The van der Waals surface area contributed by atoms with Gasteiger partial charge in [0.2, 0.25) is 0 Å². The number of aliphatic hydroxyl groups is 2. The van der Waals surface area contributed by atoms with E-state index >= 15 is 0 Å². The van der Waals surface area contributed by atoms with E-state index < -0.39 is 5.54 Å². The van der Waals surface area contributed by atoms with Gasteiger partial charge in [-0.25, -0.2) is 0 Å². The fourth-order valence-corrected chi connectivity index (χ4v) is 1.87. The van der Waals surface area contributed by atoms with E-state index in [9.17, 15) is 15.0 Å². The monoisotopic (exact) mass is 280 g/mol. The Hall–Kier alpha value is -1.59. The number of para-hydroxylation sites is 1. The molecule has 0 radical (unpaired) electrons. The van der Waals surface area contributed by atoms with Crippen molar-refractivity contribution in [1.82, 2.24) is 5.32 Å². The molecule has 1 aromatic carbocycles. The Bertz CT molecular complexity index is 434. The van der Waals surface area contributed by atoms with Crippen LogP contribution in [0, 0.1) is 0 Å². The highest BCUT2D eigenvalue weighted by atomic mass is 16.3. The lowest BCUT2D eigenvalue weighted by Crippen LogP contribution is -2.53. The van der Waals surface area contributed by atoms with Crippen LogP contribution in [0.5, 0.6) is 0 Å². The van der Waals surface area contributed by atoms with Crippen LogP contribution in [0.2, 0.25) is 0 Å². The summed E-state index contributed by atoms with van der Waals surface area (Å²) in [5.74, 6) is -0.307. The Kier molecular flexibility index (Phi) is 5.98. The molecule has 0 aromatic heterocycles. The summed E-state index contributed by atoms with van der Waals surface area (Å²) in [5, 5.41) is 24.7. The van der Waals surface area contributed by atoms with Gasteiger partial charge in [-0.3, -0.25) is 4.79 Å². The van der Waals surface area contributed by atoms with Crippen molar-refractivity contribution in [2.45, 2.75) is 38.8 Å². The van der Waals surface area contributed by atoms with Gasteiger partial charge in [0.15, 0.2) is 0 Å². The van der Waals surface area contributed by atoms with Gasteiger partial charge in [-0.05, 0) is 32.4 Å². The van der Waals surface area contributed by atoms with Crippen molar-refractivity contribution in [1.29, 1.82) is 0 Å². The van der Waals surface area contributed by atoms with Gasteiger partial charge < -0.3 is 20.8 Å². The molecule has 0 heterocycles. The third-order valence-electron chi connectivity index (χ3n) is 3.28. The zero-order chi connectivity index (χ0) is 15.2. The largest absolute Gasteiger partial charge is 0.394 e.